The minimum Gasteiger partial charge on any atom is -0.481 e. The lowest BCUT2D eigenvalue weighted by Gasteiger charge is -2.26. The summed E-state index contributed by atoms with van der Waals surface area (Å²) in [6.07, 6.45) is 1.09. The van der Waals surface area contributed by atoms with Gasteiger partial charge >= 0.3 is 5.97 Å². The van der Waals surface area contributed by atoms with E-state index in [0.29, 0.717) is 0 Å². The van der Waals surface area contributed by atoms with Gasteiger partial charge in [-0.1, -0.05) is 25.1 Å². The number of aryl methyl sites for hydroxylation is 1. The number of nitrogens with one attached hydrogen (secondary N) is 1. The molecule has 0 fully saturated rings. The smallest absolute Gasteiger partial charge is 0.303 e. The third kappa shape index (κ3) is 2.30. The summed E-state index contributed by atoms with van der Waals surface area (Å²) in [7, 11) is 0. The van der Waals surface area contributed by atoms with Gasteiger partial charge < -0.3 is 10.4 Å². The SMILES string of the molecule is CCc1cccc2c1NC(=O)CC2CC(=O)O. The highest BCUT2D eigenvalue weighted by molar-refractivity contribution is 5.96. The maximum absolute atomic E-state index is 11.6. The molecule has 1 atom stereocenters. The summed E-state index contributed by atoms with van der Waals surface area (Å²) < 4.78 is 0. The molecule has 0 aromatic heterocycles. The van der Waals surface area contributed by atoms with Crippen molar-refractivity contribution >= 4 is 17.6 Å². The first kappa shape index (κ1) is 11.6. The molecule has 0 spiro atoms. The molecule has 2 rings (SSSR count). The molecule has 0 saturated carbocycles. The second kappa shape index (κ2) is 4.57. The number of carbonyl (C=O) groups is 2. The fourth-order valence-corrected chi connectivity index (χ4v) is 2.32. The molecule has 0 radical (unpaired) electrons. The summed E-state index contributed by atoms with van der Waals surface area (Å²) in [6.45, 7) is 2.02. The molecule has 4 heteroatoms. The number of carbonyl (C=O) groups excluding carboxylic acids is 1. The highest BCUT2D eigenvalue weighted by atomic mass is 16.4. The fourth-order valence-electron chi connectivity index (χ4n) is 2.32. The maximum Gasteiger partial charge on any atom is 0.303 e. The third-order valence-corrected chi connectivity index (χ3v) is 3.12. The molecule has 1 amide bonds. The first-order chi connectivity index (χ1) is 8.11. The molecular formula is C13H15NO3. The van der Waals surface area contributed by atoms with E-state index in [-0.39, 0.29) is 24.7 Å². The zero-order valence-electron chi connectivity index (χ0n) is 9.69. The Bertz CT molecular complexity index is 468. The van der Waals surface area contributed by atoms with Crippen LogP contribution in [-0.2, 0) is 16.0 Å². The second-order valence-electron chi connectivity index (χ2n) is 4.28. The molecule has 1 aromatic carbocycles. The van der Waals surface area contributed by atoms with Crippen molar-refractivity contribution in [3.05, 3.63) is 29.3 Å². The van der Waals surface area contributed by atoms with Crippen LogP contribution in [-0.4, -0.2) is 17.0 Å². The van der Waals surface area contributed by atoms with Crippen molar-refractivity contribution in [3.8, 4) is 0 Å². The summed E-state index contributed by atoms with van der Waals surface area (Å²) in [4.78, 5) is 22.4. The van der Waals surface area contributed by atoms with E-state index >= 15 is 0 Å². The number of para-hydroxylation sites is 1. The molecular weight excluding hydrogens is 218 g/mol. The molecule has 4 nitrogen and oxygen atoms in total. The number of hydrogen-bond acceptors (Lipinski definition) is 2. The van der Waals surface area contributed by atoms with Crippen LogP contribution in [0.2, 0.25) is 0 Å². The van der Waals surface area contributed by atoms with Crippen molar-refractivity contribution in [2.24, 2.45) is 0 Å². The van der Waals surface area contributed by atoms with Gasteiger partial charge in [-0.25, -0.2) is 0 Å². The number of carboxylic acids is 1. The summed E-state index contributed by atoms with van der Waals surface area (Å²) >= 11 is 0. The minimum absolute atomic E-state index is 0.00753. The van der Waals surface area contributed by atoms with Crippen LogP contribution in [0.1, 0.15) is 36.8 Å². The van der Waals surface area contributed by atoms with Gasteiger partial charge in [0.2, 0.25) is 5.91 Å². The molecule has 1 aliphatic rings. The fraction of sp³-hybridized carbons (Fsp3) is 0.385. The van der Waals surface area contributed by atoms with Crippen LogP contribution in [0.15, 0.2) is 18.2 Å². The number of aliphatic carboxylic acids is 1. The van der Waals surface area contributed by atoms with Gasteiger partial charge in [0.1, 0.15) is 0 Å². The first-order valence-corrected chi connectivity index (χ1v) is 5.75. The Morgan fingerprint density at radius 1 is 1.53 bits per heavy atom. The lowest BCUT2D eigenvalue weighted by atomic mass is 9.86. The van der Waals surface area contributed by atoms with Crippen molar-refractivity contribution in [1.82, 2.24) is 0 Å². The quantitative estimate of drug-likeness (QED) is 0.840. The molecule has 0 bridgehead atoms. The van der Waals surface area contributed by atoms with Gasteiger partial charge in [0, 0.05) is 18.0 Å². The van der Waals surface area contributed by atoms with Crippen LogP contribution in [0.5, 0.6) is 0 Å². The summed E-state index contributed by atoms with van der Waals surface area (Å²) in [5, 5.41) is 11.7. The van der Waals surface area contributed by atoms with E-state index in [4.69, 9.17) is 5.11 Å². The van der Waals surface area contributed by atoms with E-state index in [2.05, 4.69) is 5.32 Å². The number of benzene rings is 1. The minimum atomic E-state index is -0.863. The lowest BCUT2D eigenvalue weighted by Crippen LogP contribution is -2.25. The van der Waals surface area contributed by atoms with Crippen LogP contribution in [0.3, 0.4) is 0 Å². The van der Waals surface area contributed by atoms with E-state index in [0.717, 1.165) is 23.2 Å². The van der Waals surface area contributed by atoms with Crippen molar-refractivity contribution in [2.45, 2.75) is 32.1 Å². The average molecular weight is 233 g/mol. The molecule has 1 aliphatic heterocycles. The van der Waals surface area contributed by atoms with Crippen LogP contribution in [0, 0.1) is 0 Å². The first-order valence-electron chi connectivity index (χ1n) is 5.75. The van der Waals surface area contributed by atoms with Crippen LogP contribution < -0.4 is 5.32 Å². The molecule has 0 saturated heterocycles. The van der Waals surface area contributed by atoms with E-state index in [1.54, 1.807) is 0 Å². The van der Waals surface area contributed by atoms with E-state index < -0.39 is 5.97 Å². The second-order valence-corrected chi connectivity index (χ2v) is 4.28. The Hall–Kier alpha value is -1.84. The third-order valence-electron chi connectivity index (χ3n) is 3.12. The average Bonchev–Trinajstić information content (AvgIpc) is 2.27. The molecule has 2 N–H and O–H groups in total. The van der Waals surface area contributed by atoms with E-state index in [1.165, 1.54) is 0 Å². The van der Waals surface area contributed by atoms with Crippen molar-refractivity contribution in [3.63, 3.8) is 0 Å². The van der Waals surface area contributed by atoms with Gasteiger partial charge in [-0.3, -0.25) is 9.59 Å². The van der Waals surface area contributed by atoms with Gasteiger partial charge in [-0.2, -0.15) is 0 Å². The summed E-state index contributed by atoms with van der Waals surface area (Å²) in [5.41, 5.74) is 2.83. The molecule has 17 heavy (non-hydrogen) atoms. The predicted octanol–water partition coefficient (Wildman–Crippen LogP) is 2.15. The molecule has 0 aliphatic carbocycles. The number of rotatable bonds is 3. The monoisotopic (exact) mass is 233 g/mol. The predicted molar refractivity (Wildman–Crippen MR) is 64.1 cm³/mol. The van der Waals surface area contributed by atoms with Crippen LogP contribution in [0.25, 0.3) is 0 Å². The number of hydrogen-bond donors (Lipinski definition) is 2. The normalized spacial score (nSPS) is 18.4. The number of carboxylic acid groups (broad SMARTS) is 1. The van der Waals surface area contributed by atoms with Gasteiger partial charge in [-0.15, -0.1) is 0 Å². The highest BCUT2D eigenvalue weighted by Gasteiger charge is 2.27. The Labute approximate surface area is 99.6 Å². The Balaban J connectivity index is 2.43. The zero-order chi connectivity index (χ0) is 12.4. The lowest BCUT2D eigenvalue weighted by molar-refractivity contribution is -0.137. The van der Waals surface area contributed by atoms with Gasteiger partial charge in [0.25, 0.3) is 0 Å². The van der Waals surface area contributed by atoms with Crippen LogP contribution in [0.4, 0.5) is 5.69 Å². The summed E-state index contributed by atoms with van der Waals surface area (Å²) in [6, 6.07) is 5.79. The Kier molecular flexibility index (Phi) is 3.13. The van der Waals surface area contributed by atoms with Crippen molar-refractivity contribution in [1.29, 1.82) is 0 Å². The largest absolute Gasteiger partial charge is 0.481 e. The highest BCUT2D eigenvalue weighted by Crippen LogP contribution is 2.36. The molecule has 1 heterocycles. The number of fused-ring (bicyclic) bond motifs is 1. The van der Waals surface area contributed by atoms with Crippen molar-refractivity contribution < 1.29 is 14.7 Å². The van der Waals surface area contributed by atoms with Gasteiger partial charge in [0.05, 0.1) is 6.42 Å². The van der Waals surface area contributed by atoms with Crippen molar-refractivity contribution in [2.75, 3.05) is 5.32 Å². The van der Waals surface area contributed by atoms with Gasteiger partial charge in [0.15, 0.2) is 0 Å². The van der Waals surface area contributed by atoms with E-state index in [1.807, 2.05) is 25.1 Å². The molecule has 90 valence electrons. The van der Waals surface area contributed by atoms with E-state index in [9.17, 15) is 9.59 Å². The Morgan fingerprint density at radius 3 is 2.94 bits per heavy atom. The summed E-state index contributed by atoms with van der Waals surface area (Å²) in [5.74, 6) is -1.16. The maximum atomic E-state index is 11.6. The number of anilines is 1. The van der Waals surface area contributed by atoms with Crippen LogP contribution >= 0.6 is 0 Å². The molecule has 1 unspecified atom stereocenters. The standard InChI is InChI=1S/C13H15NO3/c1-2-8-4-3-5-10-9(7-12(16)17)6-11(15)14-13(8)10/h3-5,9H,2,6-7H2,1H3,(H,14,15)(H,16,17). The zero-order valence-corrected chi connectivity index (χ0v) is 9.69. The Morgan fingerprint density at radius 2 is 2.29 bits per heavy atom. The topological polar surface area (TPSA) is 66.4 Å². The number of amides is 1. The van der Waals surface area contributed by atoms with Gasteiger partial charge in [-0.05, 0) is 17.5 Å². The molecule has 1 aromatic rings.